The molecule has 0 radical (unpaired) electrons. The zero-order valence-corrected chi connectivity index (χ0v) is 12.8. The number of nitrogens with one attached hydrogen (secondary N) is 1. The van der Waals surface area contributed by atoms with Crippen LogP contribution in [0.25, 0.3) is 0 Å². The normalized spacial score (nSPS) is 28.8. The topological polar surface area (TPSA) is 32.3 Å². The van der Waals surface area contributed by atoms with Crippen LogP contribution in [0.5, 0.6) is 0 Å². The van der Waals surface area contributed by atoms with Crippen LogP contribution < -0.4 is 5.32 Å². The first-order valence-corrected chi connectivity index (χ1v) is 7.77. The lowest BCUT2D eigenvalue weighted by molar-refractivity contribution is 0.0712. The Kier molecular flexibility index (Phi) is 3.74. The molecule has 2 fully saturated rings. The van der Waals surface area contributed by atoms with Crippen LogP contribution in [-0.2, 0) is 0 Å². The highest BCUT2D eigenvalue weighted by molar-refractivity contribution is 6.33. The summed E-state index contributed by atoms with van der Waals surface area (Å²) in [5.41, 5.74) is 1.73. The minimum Gasteiger partial charge on any atom is -0.335 e. The minimum absolute atomic E-state index is 0.0938. The van der Waals surface area contributed by atoms with E-state index in [1.165, 1.54) is 0 Å². The molecule has 2 saturated heterocycles. The van der Waals surface area contributed by atoms with Crippen LogP contribution in [0.15, 0.2) is 18.2 Å². The molecule has 3 unspecified atom stereocenters. The number of nitrogens with zero attached hydrogens (tertiary/aromatic N) is 1. The number of aryl methyl sites for hydroxylation is 1. The van der Waals surface area contributed by atoms with Crippen LogP contribution in [0.2, 0.25) is 5.02 Å². The van der Waals surface area contributed by atoms with Gasteiger partial charge in [-0.3, -0.25) is 4.79 Å². The van der Waals surface area contributed by atoms with E-state index in [4.69, 9.17) is 11.6 Å². The van der Waals surface area contributed by atoms with Crippen molar-refractivity contribution >= 4 is 17.5 Å². The van der Waals surface area contributed by atoms with Gasteiger partial charge in [-0.25, -0.2) is 0 Å². The maximum Gasteiger partial charge on any atom is 0.255 e. The predicted molar refractivity (Wildman–Crippen MR) is 81.2 cm³/mol. The van der Waals surface area contributed by atoms with Crippen LogP contribution in [0.1, 0.15) is 29.3 Å². The molecular weight excluding hydrogens is 272 g/mol. The highest BCUT2D eigenvalue weighted by Crippen LogP contribution is 2.35. The van der Waals surface area contributed by atoms with Gasteiger partial charge in [0.25, 0.3) is 5.91 Å². The van der Waals surface area contributed by atoms with E-state index in [1.54, 1.807) is 0 Å². The molecule has 108 valence electrons. The Bertz CT molecular complexity index is 531. The first kappa shape index (κ1) is 13.9. The fraction of sp³-hybridized carbons (Fsp3) is 0.562. The van der Waals surface area contributed by atoms with E-state index in [1.807, 2.05) is 30.0 Å². The van der Waals surface area contributed by atoms with Crippen molar-refractivity contribution in [3.05, 3.63) is 34.3 Å². The van der Waals surface area contributed by atoms with Crippen molar-refractivity contribution in [1.29, 1.82) is 0 Å². The number of carbonyl (C=O) groups excluding carboxylic acids is 1. The van der Waals surface area contributed by atoms with Crippen molar-refractivity contribution in [3.8, 4) is 0 Å². The van der Waals surface area contributed by atoms with Crippen LogP contribution >= 0.6 is 11.6 Å². The molecule has 3 nitrogen and oxygen atoms in total. The van der Waals surface area contributed by atoms with Gasteiger partial charge in [0.05, 0.1) is 10.6 Å². The van der Waals surface area contributed by atoms with Gasteiger partial charge in [0.2, 0.25) is 0 Å². The standard InChI is InChI=1S/C16H21ClN2O/c1-3-15-13-8-18-7-11(13)9-19(15)16(20)12-5-4-10(2)6-14(12)17/h4-6,11,13,15,18H,3,7-9H2,1-2H3. The van der Waals surface area contributed by atoms with Crippen molar-refractivity contribution in [2.45, 2.75) is 26.3 Å². The minimum atomic E-state index is 0.0938. The smallest absolute Gasteiger partial charge is 0.255 e. The molecule has 0 bridgehead atoms. The quantitative estimate of drug-likeness (QED) is 0.909. The zero-order valence-electron chi connectivity index (χ0n) is 12.0. The molecule has 4 heteroatoms. The number of halogens is 1. The van der Waals surface area contributed by atoms with Gasteiger partial charge in [-0.2, -0.15) is 0 Å². The number of benzene rings is 1. The Balaban J connectivity index is 1.86. The highest BCUT2D eigenvalue weighted by atomic mass is 35.5. The van der Waals surface area contributed by atoms with Crippen LogP contribution in [0.3, 0.4) is 0 Å². The zero-order chi connectivity index (χ0) is 14.3. The molecule has 2 aliphatic heterocycles. The van der Waals surface area contributed by atoms with E-state index in [2.05, 4.69) is 12.2 Å². The molecule has 2 aliphatic rings. The lowest BCUT2D eigenvalue weighted by atomic mass is 9.93. The number of hydrogen-bond acceptors (Lipinski definition) is 2. The van der Waals surface area contributed by atoms with Crippen molar-refractivity contribution in [1.82, 2.24) is 10.2 Å². The van der Waals surface area contributed by atoms with E-state index in [0.29, 0.717) is 28.5 Å². The first-order valence-electron chi connectivity index (χ1n) is 7.39. The maximum absolute atomic E-state index is 12.8. The number of likely N-dealkylation sites (tertiary alicyclic amines) is 1. The summed E-state index contributed by atoms with van der Waals surface area (Å²) < 4.78 is 0. The van der Waals surface area contributed by atoms with Crippen LogP contribution in [-0.4, -0.2) is 36.5 Å². The third kappa shape index (κ3) is 2.23. The molecular formula is C16H21ClN2O. The molecule has 1 aromatic rings. The van der Waals surface area contributed by atoms with Crippen molar-refractivity contribution in [2.75, 3.05) is 19.6 Å². The van der Waals surface area contributed by atoms with Gasteiger partial charge >= 0.3 is 0 Å². The highest BCUT2D eigenvalue weighted by Gasteiger charge is 2.45. The van der Waals surface area contributed by atoms with E-state index >= 15 is 0 Å². The fourth-order valence-corrected chi connectivity index (χ4v) is 4.04. The number of hydrogen-bond donors (Lipinski definition) is 1. The average molecular weight is 293 g/mol. The molecule has 0 aliphatic carbocycles. The molecule has 0 spiro atoms. The lowest BCUT2D eigenvalue weighted by Gasteiger charge is -2.27. The van der Waals surface area contributed by atoms with Crippen molar-refractivity contribution in [2.24, 2.45) is 11.8 Å². The fourth-order valence-electron chi connectivity index (χ4n) is 3.73. The number of rotatable bonds is 2. The molecule has 0 saturated carbocycles. The number of fused-ring (bicyclic) bond motifs is 1. The van der Waals surface area contributed by atoms with Crippen molar-refractivity contribution in [3.63, 3.8) is 0 Å². The van der Waals surface area contributed by atoms with E-state index < -0.39 is 0 Å². The second-order valence-corrected chi connectivity index (χ2v) is 6.41. The summed E-state index contributed by atoms with van der Waals surface area (Å²) in [5, 5.41) is 4.01. The second kappa shape index (κ2) is 5.38. The summed E-state index contributed by atoms with van der Waals surface area (Å²) in [4.78, 5) is 14.8. The largest absolute Gasteiger partial charge is 0.335 e. The summed E-state index contributed by atoms with van der Waals surface area (Å²) >= 11 is 6.25. The molecule has 1 amide bonds. The molecule has 0 aromatic heterocycles. The monoisotopic (exact) mass is 292 g/mol. The Labute approximate surface area is 125 Å². The first-order chi connectivity index (χ1) is 9.61. The van der Waals surface area contributed by atoms with Gasteiger partial charge in [-0.1, -0.05) is 24.6 Å². The van der Waals surface area contributed by atoms with Gasteiger partial charge in [0.15, 0.2) is 0 Å². The molecule has 20 heavy (non-hydrogen) atoms. The summed E-state index contributed by atoms with van der Waals surface area (Å²) in [7, 11) is 0. The van der Waals surface area contributed by atoms with Crippen molar-refractivity contribution < 1.29 is 4.79 Å². The summed E-state index contributed by atoms with van der Waals surface area (Å²) in [5.74, 6) is 1.30. The average Bonchev–Trinajstić information content (AvgIpc) is 2.97. The van der Waals surface area contributed by atoms with E-state index in [0.717, 1.165) is 31.6 Å². The third-order valence-electron chi connectivity index (χ3n) is 4.75. The number of carbonyl (C=O) groups is 1. The SMILES string of the molecule is CCC1C2CNCC2CN1C(=O)c1ccc(C)cc1Cl. The van der Waals surface area contributed by atoms with Gasteiger partial charge in [-0.15, -0.1) is 0 Å². The Morgan fingerprint density at radius 3 is 2.95 bits per heavy atom. The molecule has 3 rings (SSSR count). The van der Waals surface area contributed by atoms with Gasteiger partial charge in [0.1, 0.15) is 0 Å². The molecule has 1 aromatic carbocycles. The molecule has 3 atom stereocenters. The van der Waals surface area contributed by atoms with E-state index in [-0.39, 0.29) is 5.91 Å². The Hall–Kier alpha value is -1.06. The Morgan fingerprint density at radius 2 is 2.25 bits per heavy atom. The van der Waals surface area contributed by atoms with Gasteiger partial charge in [-0.05, 0) is 42.9 Å². The van der Waals surface area contributed by atoms with Gasteiger partial charge < -0.3 is 10.2 Å². The summed E-state index contributed by atoms with van der Waals surface area (Å²) in [6, 6.07) is 6.03. The Morgan fingerprint density at radius 1 is 1.45 bits per heavy atom. The summed E-state index contributed by atoms with van der Waals surface area (Å²) in [6.07, 6.45) is 1.01. The third-order valence-corrected chi connectivity index (χ3v) is 5.06. The van der Waals surface area contributed by atoms with E-state index in [9.17, 15) is 4.79 Å². The van der Waals surface area contributed by atoms with Crippen LogP contribution in [0.4, 0.5) is 0 Å². The molecule has 1 N–H and O–H groups in total. The number of amides is 1. The predicted octanol–water partition coefficient (Wildman–Crippen LogP) is 2.72. The molecule has 2 heterocycles. The summed E-state index contributed by atoms with van der Waals surface area (Å²) in [6.45, 7) is 7.09. The maximum atomic E-state index is 12.8. The van der Waals surface area contributed by atoms with Gasteiger partial charge in [0, 0.05) is 25.7 Å². The second-order valence-electron chi connectivity index (χ2n) is 6.00. The van der Waals surface area contributed by atoms with Crippen LogP contribution in [0, 0.1) is 18.8 Å². The lowest BCUT2D eigenvalue weighted by Crippen LogP contribution is -2.39.